The number of benzene rings is 2. The molecule has 1 aliphatic carbocycles. The van der Waals surface area contributed by atoms with Crippen LogP contribution >= 0.6 is 0 Å². The van der Waals surface area contributed by atoms with E-state index in [0.29, 0.717) is 17.0 Å². The lowest BCUT2D eigenvalue weighted by molar-refractivity contribution is 0.361. The maximum absolute atomic E-state index is 12.9. The predicted octanol–water partition coefficient (Wildman–Crippen LogP) is 5.92. The smallest absolute Gasteiger partial charge is 0.346 e. The minimum atomic E-state index is -0.243. The SMILES string of the molecule is O=c1oc2ccccc2c2c1c(-c1ccccc1)cn2C1CCCCC1. The molecule has 0 atom stereocenters. The van der Waals surface area contributed by atoms with E-state index >= 15 is 0 Å². The Kier molecular flexibility index (Phi) is 3.66. The number of para-hydroxylation sites is 1. The predicted molar refractivity (Wildman–Crippen MR) is 106 cm³/mol. The van der Waals surface area contributed by atoms with Gasteiger partial charge in [0.05, 0.1) is 10.9 Å². The van der Waals surface area contributed by atoms with Crippen molar-refractivity contribution in [2.75, 3.05) is 0 Å². The fraction of sp³-hybridized carbons (Fsp3) is 0.261. The third kappa shape index (κ3) is 2.38. The van der Waals surface area contributed by atoms with Crippen LogP contribution in [0, 0.1) is 0 Å². The first-order valence-electron chi connectivity index (χ1n) is 9.45. The highest BCUT2D eigenvalue weighted by Crippen LogP contribution is 2.38. The van der Waals surface area contributed by atoms with Crippen molar-refractivity contribution in [1.29, 1.82) is 0 Å². The largest absolute Gasteiger partial charge is 0.422 e. The van der Waals surface area contributed by atoms with Gasteiger partial charge in [0.15, 0.2) is 0 Å². The number of nitrogens with zero attached hydrogens (tertiary/aromatic N) is 1. The van der Waals surface area contributed by atoms with Gasteiger partial charge in [-0.15, -0.1) is 0 Å². The zero-order valence-corrected chi connectivity index (χ0v) is 14.7. The average Bonchev–Trinajstić information content (AvgIpc) is 3.11. The molecule has 0 saturated heterocycles. The normalized spacial score (nSPS) is 15.7. The topological polar surface area (TPSA) is 35.1 Å². The van der Waals surface area contributed by atoms with Crippen LogP contribution in [0.15, 0.2) is 70.0 Å². The summed E-state index contributed by atoms with van der Waals surface area (Å²) in [7, 11) is 0. The Bertz CT molecular complexity index is 1130. The van der Waals surface area contributed by atoms with Gasteiger partial charge in [-0.05, 0) is 30.5 Å². The van der Waals surface area contributed by atoms with Crippen molar-refractivity contribution in [2.45, 2.75) is 38.1 Å². The molecule has 0 bridgehead atoms. The van der Waals surface area contributed by atoms with Crippen LogP contribution in [-0.2, 0) is 0 Å². The third-order valence-electron chi connectivity index (χ3n) is 5.63. The highest BCUT2D eigenvalue weighted by atomic mass is 16.4. The van der Waals surface area contributed by atoms with Crippen molar-refractivity contribution in [3.8, 4) is 11.1 Å². The number of fused-ring (bicyclic) bond motifs is 3. The second-order valence-electron chi connectivity index (χ2n) is 7.22. The van der Waals surface area contributed by atoms with E-state index in [4.69, 9.17) is 4.42 Å². The molecule has 4 aromatic rings. The van der Waals surface area contributed by atoms with E-state index < -0.39 is 0 Å². The molecule has 3 heteroatoms. The van der Waals surface area contributed by atoms with Crippen LogP contribution in [0.3, 0.4) is 0 Å². The number of rotatable bonds is 2. The molecule has 1 fully saturated rings. The third-order valence-corrected chi connectivity index (χ3v) is 5.63. The van der Waals surface area contributed by atoms with Crippen LogP contribution < -0.4 is 5.63 Å². The van der Waals surface area contributed by atoms with Crippen LogP contribution in [0.1, 0.15) is 38.1 Å². The van der Waals surface area contributed by atoms with E-state index in [2.05, 4.69) is 29.0 Å². The Hall–Kier alpha value is -2.81. The molecule has 0 radical (unpaired) electrons. The zero-order chi connectivity index (χ0) is 17.5. The van der Waals surface area contributed by atoms with Crippen LogP contribution in [-0.4, -0.2) is 4.57 Å². The van der Waals surface area contributed by atoms with Gasteiger partial charge in [0.25, 0.3) is 0 Å². The highest BCUT2D eigenvalue weighted by molar-refractivity contribution is 6.08. The molecule has 0 spiro atoms. The van der Waals surface area contributed by atoms with Crippen molar-refractivity contribution in [3.63, 3.8) is 0 Å². The van der Waals surface area contributed by atoms with Gasteiger partial charge in [0, 0.05) is 23.2 Å². The summed E-state index contributed by atoms with van der Waals surface area (Å²) >= 11 is 0. The molecule has 0 N–H and O–H groups in total. The lowest BCUT2D eigenvalue weighted by Crippen LogP contribution is -2.12. The second kappa shape index (κ2) is 6.17. The molecule has 2 heterocycles. The maximum Gasteiger partial charge on any atom is 0.346 e. The Labute approximate surface area is 151 Å². The summed E-state index contributed by atoms with van der Waals surface area (Å²) in [6.45, 7) is 0. The van der Waals surface area contributed by atoms with Crippen LogP contribution in [0.25, 0.3) is 33.0 Å². The quantitative estimate of drug-likeness (QED) is 0.423. The zero-order valence-electron chi connectivity index (χ0n) is 14.7. The summed E-state index contributed by atoms with van der Waals surface area (Å²) in [6.07, 6.45) is 8.34. The Balaban J connectivity index is 1.89. The standard InChI is InChI=1S/C23H21NO2/c25-23-21-19(16-9-3-1-4-10-16)15-24(17-11-5-2-6-12-17)22(21)18-13-7-8-14-20(18)26-23/h1,3-4,7-10,13-15,17H,2,5-6,11-12H2. The highest BCUT2D eigenvalue weighted by Gasteiger charge is 2.23. The van der Waals surface area contributed by atoms with Gasteiger partial charge in [0.2, 0.25) is 0 Å². The summed E-state index contributed by atoms with van der Waals surface area (Å²) in [5, 5.41) is 1.73. The van der Waals surface area contributed by atoms with Gasteiger partial charge >= 0.3 is 5.63 Å². The molecule has 26 heavy (non-hydrogen) atoms. The van der Waals surface area contributed by atoms with Crippen molar-refractivity contribution >= 4 is 21.9 Å². The van der Waals surface area contributed by atoms with Crippen LogP contribution in [0.2, 0.25) is 0 Å². The minimum Gasteiger partial charge on any atom is -0.422 e. The molecule has 0 amide bonds. The molecule has 130 valence electrons. The average molecular weight is 343 g/mol. The first kappa shape index (κ1) is 15.4. The van der Waals surface area contributed by atoms with Gasteiger partial charge in [-0.2, -0.15) is 0 Å². The Morgan fingerprint density at radius 3 is 2.42 bits per heavy atom. The van der Waals surface area contributed by atoms with E-state index in [-0.39, 0.29) is 5.63 Å². The molecule has 2 aromatic heterocycles. The first-order chi connectivity index (χ1) is 12.8. The van der Waals surface area contributed by atoms with Crippen molar-refractivity contribution in [2.24, 2.45) is 0 Å². The van der Waals surface area contributed by atoms with E-state index in [9.17, 15) is 4.79 Å². The van der Waals surface area contributed by atoms with E-state index in [1.165, 1.54) is 32.1 Å². The molecule has 1 saturated carbocycles. The Morgan fingerprint density at radius 1 is 0.885 bits per heavy atom. The van der Waals surface area contributed by atoms with Crippen molar-refractivity contribution < 1.29 is 4.42 Å². The van der Waals surface area contributed by atoms with E-state index in [1.54, 1.807) is 0 Å². The summed E-state index contributed by atoms with van der Waals surface area (Å²) in [4.78, 5) is 12.9. The summed E-state index contributed by atoms with van der Waals surface area (Å²) in [6, 6.07) is 18.5. The molecule has 0 unspecified atom stereocenters. The second-order valence-corrected chi connectivity index (χ2v) is 7.22. The summed E-state index contributed by atoms with van der Waals surface area (Å²) in [5.41, 5.74) is 3.50. The maximum atomic E-state index is 12.9. The van der Waals surface area contributed by atoms with Gasteiger partial charge in [-0.25, -0.2) is 4.79 Å². The lowest BCUT2D eigenvalue weighted by Gasteiger charge is -2.24. The Morgan fingerprint density at radius 2 is 1.62 bits per heavy atom. The fourth-order valence-corrected chi connectivity index (χ4v) is 4.39. The molecular formula is C23H21NO2. The molecule has 0 aliphatic heterocycles. The van der Waals surface area contributed by atoms with Crippen LogP contribution in [0.5, 0.6) is 0 Å². The van der Waals surface area contributed by atoms with Gasteiger partial charge < -0.3 is 8.98 Å². The molecule has 3 nitrogen and oxygen atoms in total. The van der Waals surface area contributed by atoms with Crippen LogP contribution in [0.4, 0.5) is 0 Å². The minimum absolute atomic E-state index is 0.243. The molecule has 5 rings (SSSR count). The van der Waals surface area contributed by atoms with Crippen molar-refractivity contribution in [1.82, 2.24) is 4.57 Å². The summed E-state index contributed by atoms with van der Waals surface area (Å²) < 4.78 is 8.03. The first-order valence-corrected chi connectivity index (χ1v) is 9.45. The summed E-state index contributed by atoms with van der Waals surface area (Å²) in [5.74, 6) is 0. The van der Waals surface area contributed by atoms with E-state index in [1.807, 2.05) is 36.4 Å². The molecule has 2 aromatic carbocycles. The number of hydrogen-bond donors (Lipinski definition) is 0. The monoisotopic (exact) mass is 343 g/mol. The van der Waals surface area contributed by atoms with Gasteiger partial charge in [0.1, 0.15) is 5.58 Å². The number of hydrogen-bond acceptors (Lipinski definition) is 2. The molecular weight excluding hydrogens is 322 g/mol. The number of aromatic nitrogens is 1. The fourth-order valence-electron chi connectivity index (χ4n) is 4.39. The van der Waals surface area contributed by atoms with Crippen molar-refractivity contribution in [3.05, 3.63) is 71.2 Å². The van der Waals surface area contributed by atoms with E-state index in [0.717, 1.165) is 22.0 Å². The molecule has 1 aliphatic rings. The lowest BCUT2D eigenvalue weighted by atomic mass is 9.95. The van der Waals surface area contributed by atoms with Gasteiger partial charge in [-0.1, -0.05) is 61.7 Å². The van der Waals surface area contributed by atoms with Gasteiger partial charge in [-0.3, -0.25) is 0 Å².